The van der Waals surface area contributed by atoms with E-state index in [-0.39, 0.29) is 53.0 Å². The molecule has 1 fully saturated rings. The average molecular weight is 544 g/mol. The van der Waals surface area contributed by atoms with Gasteiger partial charge < -0.3 is 26.2 Å². The van der Waals surface area contributed by atoms with Gasteiger partial charge in [0.15, 0.2) is 11.4 Å². The number of carbonyl (C=O) groups is 2. The zero-order valence-electron chi connectivity index (χ0n) is 23.1. The highest BCUT2D eigenvalue weighted by Gasteiger charge is 2.62. The Kier molecular flexibility index (Phi) is 7.44. The standard InChI is InChI=1S/C29H38FN3O6/c1-7-33(11-13(2)3)12-16-10-19(34)22-17(23(16)30)8-15-9-18-24(32(5)6)26(36)20(28(31)38)14(4)29(18,39)27(37)21(15)25(22)35/h10,13,15,18,24,34-36,39H,4,7-9,11-12H2,1-3,5-6H3,(H2,31,38)/t15-,18-,24-,29-/m0/s1. The van der Waals surface area contributed by atoms with Crippen LogP contribution in [-0.2, 0) is 22.6 Å². The normalized spacial score (nSPS) is 26.9. The minimum atomic E-state index is -2.35. The largest absolute Gasteiger partial charge is 0.510 e. The first-order valence-electron chi connectivity index (χ1n) is 13.2. The summed E-state index contributed by atoms with van der Waals surface area (Å²) in [6.07, 6.45) is 0.0638. The first-order chi connectivity index (χ1) is 18.2. The molecule has 4 rings (SSSR count). The van der Waals surface area contributed by atoms with E-state index in [9.17, 15) is 30.0 Å². The number of rotatable bonds is 7. The summed E-state index contributed by atoms with van der Waals surface area (Å²) in [5.74, 6) is -5.20. The number of Topliss-reactive ketones (excluding diaryl/α,β-unsaturated/α-hetero) is 1. The molecule has 4 atom stereocenters. The second-order valence-corrected chi connectivity index (χ2v) is 11.6. The van der Waals surface area contributed by atoms with E-state index in [2.05, 4.69) is 25.3 Å². The molecular formula is C29H38FN3O6. The van der Waals surface area contributed by atoms with Crippen molar-refractivity contribution < 1.29 is 34.4 Å². The summed E-state index contributed by atoms with van der Waals surface area (Å²) in [5, 5.41) is 45.0. The van der Waals surface area contributed by atoms with Gasteiger partial charge in [0.2, 0.25) is 0 Å². The highest BCUT2D eigenvalue weighted by molar-refractivity contribution is 6.13. The summed E-state index contributed by atoms with van der Waals surface area (Å²) < 4.78 is 15.9. The molecule has 0 saturated heterocycles. The summed E-state index contributed by atoms with van der Waals surface area (Å²) in [7, 11) is 3.25. The lowest BCUT2D eigenvalue weighted by Crippen LogP contribution is -2.63. The lowest BCUT2D eigenvalue weighted by molar-refractivity contribution is -0.143. The van der Waals surface area contributed by atoms with Gasteiger partial charge in [-0.05, 0) is 51.4 Å². The summed E-state index contributed by atoms with van der Waals surface area (Å²) in [4.78, 5) is 29.8. The molecule has 0 aliphatic heterocycles. The van der Waals surface area contributed by atoms with Crippen LogP contribution in [0.4, 0.5) is 4.39 Å². The Labute approximate surface area is 227 Å². The molecule has 6 N–H and O–H groups in total. The highest BCUT2D eigenvalue weighted by atomic mass is 19.1. The van der Waals surface area contributed by atoms with Gasteiger partial charge in [-0.25, -0.2) is 4.39 Å². The van der Waals surface area contributed by atoms with Crippen LogP contribution in [0.15, 0.2) is 35.1 Å². The number of fused-ring (bicyclic) bond motifs is 3. The number of likely N-dealkylation sites (N-methyl/N-ethyl adjacent to an activating group) is 1. The number of hydrogen-bond acceptors (Lipinski definition) is 8. The molecule has 9 nitrogen and oxygen atoms in total. The summed E-state index contributed by atoms with van der Waals surface area (Å²) in [6.45, 7) is 11.5. The molecule has 39 heavy (non-hydrogen) atoms. The summed E-state index contributed by atoms with van der Waals surface area (Å²) in [6, 6.07) is 0.308. The molecular weight excluding hydrogens is 505 g/mol. The van der Waals surface area contributed by atoms with Crippen LogP contribution in [-0.4, -0.2) is 80.7 Å². The molecule has 0 aromatic heterocycles. The number of carbonyl (C=O) groups excluding carboxylic acids is 2. The number of halogens is 1. The fourth-order valence-electron chi connectivity index (χ4n) is 6.70. The van der Waals surface area contributed by atoms with E-state index in [4.69, 9.17) is 5.73 Å². The molecule has 1 aromatic carbocycles. The molecule has 0 unspecified atom stereocenters. The van der Waals surface area contributed by atoms with Crippen LogP contribution in [0.1, 0.15) is 43.9 Å². The molecule has 0 radical (unpaired) electrons. The fraction of sp³-hybridized carbons (Fsp3) is 0.517. The molecule has 0 spiro atoms. The monoisotopic (exact) mass is 543 g/mol. The van der Waals surface area contributed by atoms with Crippen molar-refractivity contribution in [2.75, 3.05) is 27.2 Å². The number of ketones is 1. The van der Waals surface area contributed by atoms with Gasteiger partial charge in [0, 0.05) is 41.3 Å². The molecule has 0 bridgehead atoms. The van der Waals surface area contributed by atoms with Crippen molar-refractivity contribution in [3.8, 4) is 5.75 Å². The van der Waals surface area contributed by atoms with E-state index < -0.39 is 58.1 Å². The first kappa shape index (κ1) is 28.8. The van der Waals surface area contributed by atoms with Crippen molar-refractivity contribution in [1.82, 2.24) is 9.80 Å². The van der Waals surface area contributed by atoms with Crippen molar-refractivity contribution in [1.29, 1.82) is 0 Å². The minimum absolute atomic E-state index is 0.00361. The molecule has 212 valence electrons. The van der Waals surface area contributed by atoms with Crippen LogP contribution in [0.3, 0.4) is 0 Å². The van der Waals surface area contributed by atoms with E-state index >= 15 is 4.39 Å². The van der Waals surface area contributed by atoms with Crippen molar-refractivity contribution in [2.45, 2.75) is 51.8 Å². The van der Waals surface area contributed by atoms with Gasteiger partial charge in [-0.3, -0.25) is 19.4 Å². The Bertz CT molecular complexity index is 1320. The van der Waals surface area contributed by atoms with E-state index in [1.807, 2.05) is 6.92 Å². The maximum atomic E-state index is 15.9. The number of amides is 1. The van der Waals surface area contributed by atoms with Crippen molar-refractivity contribution in [3.63, 3.8) is 0 Å². The van der Waals surface area contributed by atoms with Crippen molar-refractivity contribution in [3.05, 3.63) is 57.6 Å². The van der Waals surface area contributed by atoms with Crippen molar-refractivity contribution >= 4 is 17.4 Å². The Balaban J connectivity index is 1.85. The van der Waals surface area contributed by atoms with Gasteiger partial charge >= 0.3 is 0 Å². The SMILES string of the molecule is C=C1C(C(N)=O)=C(O)[C@@H](N(C)C)[C@@H]2C[C@@H]3Cc4c(F)c(CN(CC)CC(C)C)cc(O)c4C(O)=C3C(=O)[C@]12O. The third-order valence-electron chi connectivity index (χ3n) is 8.38. The van der Waals surface area contributed by atoms with Crippen LogP contribution < -0.4 is 5.73 Å². The quantitative estimate of drug-likeness (QED) is 0.353. The number of benzene rings is 1. The number of phenols is 1. The van der Waals surface area contributed by atoms with Crippen LogP contribution in [0, 0.1) is 23.6 Å². The zero-order chi connectivity index (χ0) is 29.1. The van der Waals surface area contributed by atoms with Gasteiger partial charge in [0.05, 0.1) is 17.2 Å². The van der Waals surface area contributed by atoms with Crippen LogP contribution in [0.5, 0.6) is 5.75 Å². The van der Waals surface area contributed by atoms with Gasteiger partial charge in [0.1, 0.15) is 23.1 Å². The second kappa shape index (κ2) is 10.1. The molecule has 1 saturated carbocycles. The van der Waals surface area contributed by atoms with Crippen LogP contribution >= 0.6 is 0 Å². The molecule has 10 heteroatoms. The Morgan fingerprint density at radius 2 is 1.92 bits per heavy atom. The molecule has 3 aliphatic rings. The third kappa shape index (κ3) is 4.34. The smallest absolute Gasteiger partial charge is 0.252 e. The van der Waals surface area contributed by atoms with Gasteiger partial charge in [-0.2, -0.15) is 0 Å². The van der Waals surface area contributed by atoms with E-state index in [0.29, 0.717) is 12.5 Å². The van der Waals surface area contributed by atoms with E-state index in [1.54, 1.807) is 19.0 Å². The zero-order valence-corrected chi connectivity index (χ0v) is 23.1. The van der Waals surface area contributed by atoms with E-state index in [1.165, 1.54) is 6.07 Å². The van der Waals surface area contributed by atoms with Crippen molar-refractivity contribution in [2.24, 2.45) is 23.5 Å². The first-order valence-corrected chi connectivity index (χ1v) is 13.2. The average Bonchev–Trinajstić information content (AvgIpc) is 2.83. The maximum Gasteiger partial charge on any atom is 0.252 e. The highest BCUT2D eigenvalue weighted by Crippen LogP contribution is 2.54. The third-order valence-corrected chi connectivity index (χ3v) is 8.38. The lowest BCUT2D eigenvalue weighted by Gasteiger charge is -2.52. The Morgan fingerprint density at radius 3 is 2.46 bits per heavy atom. The molecule has 3 aliphatic carbocycles. The van der Waals surface area contributed by atoms with Crippen LogP contribution in [0.25, 0.3) is 5.76 Å². The Hall–Kier alpha value is -3.21. The number of aliphatic hydroxyl groups is 3. The number of primary amides is 1. The number of phenolic OH excluding ortho intramolecular Hbond substituents is 1. The topological polar surface area (TPSA) is 148 Å². The Morgan fingerprint density at radius 1 is 1.28 bits per heavy atom. The lowest BCUT2D eigenvalue weighted by atomic mass is 9.56. The predicted octanol–water partition coefficient (Wildman–Crippen LogP) is 2.57. The number of aliphatic hydroxyl groups excluding tert-OH is 2. The van der Waals surface area contributed by atoms with Gasteiger partial charge in [0.25, 0.3) is 5.91 Å². The molecule has 0 heterocycles. The predicted molar refractivity (Wildman–Crippen MR) is 144 cm³/mol. The summed E-state index contributed by atoms with van der Waals surface area (Å²) >= 11 is 0. The van der Waals surface area contributed by atoms with E-state index in [0.717, 1.165) is 6.54 Å². The fourth-order valence-corrected chi connectivity index (χ4v) is 6.70. The maximum absolute atomic E-state index is 15.9. The molecule has 1 amide bonds. The summed E-state index contributed by atoms with van der Waals surface area (Å²) in [5.41, 5.74) is 2.39. The number of aromatic hydroxyl groups is 1. The number of nitrogens with two attached hydrogens (primary N) is 1. The number of nitrogens with zero attached hydrogens (tertiary/aromatic N) is 2. The van der Waals surface area contributed by atoms with Gasteiger partial charge in [-0.15, -0.1) is 0 Å². The van der Waals surface area contributed by atoms with Crippen LogP contribution in [0.2, 0.25) is 0 Å². The number of hydrogen-bond donors (Lipinski definition) is 5. The van der Waals surface area contributed by atoms with Gasteiger partial charge in [-0.1, -0.05) is 27.4 Å². The minimum Gasteiger partial charge on any atom is -0.510 e. The second-order valence-electron chi connectivity index (χ2n) is 11.6. The molecule has 1 aromatic rings.